The van der Waals surface area contributed by atoms with E-state index in [1.807, 2.05) is 6.92 Å². The van der Waals surface area contributed by atoms with E-state index >= 15 is 0 Å². The van der Waals surface area contributed by atoms with Crippen LogP contribution in [0.15, 0.2) is 18.2 Å². The fraction of sp³-hybridized carbons (Fsp3) is 0.308. The van der Waals surface area contributed by atoms with E-state index in [0.717, 1.165) is 17.2 Å². The Balaban J connectivity index is 2.39. The molecular formula is C13H14N2O3S. The number of aryl methyl sites for hydroxylation is 1. The molecule has 1 aromatic carbocycles. The standard InChI is InChI=1S/C13H14N2O3S/c1-4-9-13(19-15-14-9)12(16)8-5-6-10(17-2)11(7-8)18-3/h5-7H,4H2,1-3H3. The number of benzene rings is 1. The third-order valence-electron chi connectivity index (χ3n) is 2.74. The quantitative estimate of drug-likeness (QED) is 0.786. The van der Waals surface area contributed by atoms with Gasteiger partial charge in [0, 0.05) is 5.56 Å². The molecular weight excluding hydrogens is 264 g/mol. The summed E-state index contributed by atoms with van der Waals surface area (Å²) in [6.07, 6.45) is 0.685. The van der Waals surface area contributed by atoms with Crippen LogP contribution in [0.5, 0.6) is 11.5 Å². The van der Waals surface area contributed by atoms with E-state index in [0.29, 0.717) is 28.4 Å². The molecule has 0 atom stereocenters. The highest BCUT2D eigenvalue weighted by molar-refractivity contribution is 7.08. The van der Waals surface area contributed by atoms with E-state index < -0.39 is 0 Å². The third-order valence-corrected chi connectivity index (χ3v) is 3.51. The second-order valence-electron chi connectivity index (χ2n) is 3.80. The van der Waals surface area contributed by atoms with Crippen molar-refractivity contribution in [3.8, 4) is 11.5 Å². The number of rotatable bonds is 5. The van der Waals surface area contributed by atoms with Crippen LogP contribution < -0.4 is 9.47 Å². The van der Waals surface area contributed by atoms with Crippen LogP contribution in [0.4, 0.5) is 0 Å². The first-order valence-corrected chi connectivity index (χ1v) is 6.56. The lowest BCUT2D eigenvalue weighted by molar-refractivity contribution is 0.104. The molecule has 2 rings (SSSR count). The largest absolute Gasteiger partial charge is 0.493 e. The Bertz CT molecular complexity index is 595. The van der Waals surface area contributed by atoms with Crippen LogP contribution in [0.3, 0.4) is 0 Å². The fourth-order valence-corrected chi connectivity index (χ4v) is 2.43. The number of ketones is 1. The maximum atomic E-state index is 12.4. The molecule has 19 heavy (non-hydrogen) atoms. The second-order valence-corrected chi connectivity index (χ2v) is 4.56. The Labute approximate surface area is 115 Å². The number of hydrogen-bond acceptors (Lipinski definition) is 6. The van der Waals surface area contributed by atoms with Gasteiger partial charge in [0.25, 0.3) is 0 Å². The number of carbonyl (C=O) groups excluding carboxylic acids is 1. The molecule has 0 aliphatic rings. The number of methoxy groups -OCH3 is 2. The smallest absolute Gasteiger partial charge is 0.206 e. The van der Waals surface area contributed by atoms with Crippen molar-refractivity contribution >= 4 is 17.3 Å². The van der Waals surface area contributed by atoms with Crippen molar-refractivity contribution in [2.75, 3.05) is 14.2 Å². The summed E-state index contributed by atoms with van der Waals surface area (Å²) in [5, 5.41) is 3.95. The molecule has 0 radical (unpaired) electrons. The molecule has 0 amide bonds. The van der Waals surface area contributed by atoms with Crippen molar-refractivity contribution in [2.24, 2.45) is 0 Å². The molecule has 2 aromatic rings. The highest BCUT2D eigenvalue weighted by Crippen LogP contribution is 2.29. The van der Waals surface area contributed by atoms with Gasteiger partial charge in [0.2, 0.25) is 5.78 Å². The maximum absolute atomic E-state index is 12.4. The van der Waals surface area contributed by atoms with Gasteiger partial charge in [-0.25, -0.2) is 0 Å². The van der Waals surface area contributed by atoms with Gasteiger partial charge >= 0.3 is 0 Å². The molecule has 0 N–H and O–H groups in total. The zero-order valence-electron chi connectivity index (χ0n) is 11.0. The third kappa shape index (κ3) is 2.58. The molecule has 5 nitrogen and oxygen atoms in total. The van der Waals surface area contributed by atoms with Crippen LogP contribution in [0.1, 0.15) is 27.9 Å². The number of aromatic nitrogens is 2. The molecule has 6 heteroatoms. The van der Waals surface area contributed by atoms with Gasteiger partial charge < -0.3 is 9.47 Å². The lowest BCUT2D eigenvalue weighted by atomic mass is 10.1. The van der Waals surface area contributed by atoms with Crippen LogP contribution in [-0.2, 0) is 6.42 Å². The highest BCUT2D eigenvalue weighted by atomic mass is 32.1. The van der Waals surface area contributed by atoms with E-state index in [4.69, 9.17) is 9.47 Å². The Morgan fingerprint density at radius 1 is 1.26 bits per heavy atom. The van der Waals surface area contributed by atoms with Crippen LogP contribution in [-0.4, -0.2) is 29.6 Å². The van der Waals surface area contributed by atoms with Crippen LogP contribution in [0.25, 0.3) is 0 Å². The van der Waals surface area contributed by atoms with E-state index in [9.17, 15) is 4.79 Å². The minimum absolute atomic E-state index is 0.0900. The molecule has 0 aliphatic heterocycles. The minimum Gasteiger partial charge on any atom is -0.493 e. The summed E-state index contributed by atoms with van der Waals surface area (Å²) < 4.78 is 14.2. The van der Waals surface area contributed by atoms with E-state index in [-0.39, 0.29) is 5.78 Å². The van der Waals surface area contributed by atoms with Crippen LogP contribution in [0.2, 0.25) is 0 Å². The molecule has 100 valence electrons. The van der Waals surface area contributed by atoms with Gasteiger partial charge in [0.15, 0.2) is 11.5 Å². The first-order chi connectivity index (χ1) is 9.21. The van der Waals surface area contributed by atoms with Crippen molar-refractivity contribution in [1.29, 1.82) is 0 Å². The average Bonchev–Trinajstić information content (AvgIpc) is 2.94. The fourth-order valence-electron chi connectivity index (χ4n) is 1.72. The van der Waals surface area contributed by atoms with Crippen molar-refractivity contribution in [3.63, 3.8) is 0 Å². The predicted octanol–water partition coefficient (Wildman–Crippen LogP) is 2.35. The Hall–Kier alpha value is -1.95. The van der Waals surface area contributed by atoms with Gasteiger partial charge in [-0.2, -0.15) is 0 Å². The van der Waals surface area contributed by atoms with Crippen molar-refractivity contribution in [2.45, 2.75) is 13.3 Å². The maximum Gasteiger partial charge on any atom is 0.206 e. The molecule has 1 aromatic heterocycles. The normalized spacial score (nSPS) is 10.3. The molecule has 0 aliphatic carbocycles. The van der Waals surface area contributed by atoms with Gasteiger partial charge in [0.1, 0.15) is 4.88 Å². The Kier molecular flexibility index (Phi) is 4.11. The van der Waals surface area contributed by atoms with E-state index in [2.05, 4.69) is 9.59 Å². The number of nitrogens with zero attached hydrogens (tertiary/aromatic N) is 2. The van der Waals surface area contributed by atoms with Crippen molar-refractivity contribution in [3.05, 3.63) is 34.3 Å². The second kappa shape index (κ2) is 5.79. The first kappa shape index (κ1) is 13.5. The summed E-state index contributed by atoms with van der Waals surface area (Å²) in [7, 11) is 3.10. The summed E-state index contributed by atoms with van der Waals surface area (Å²) >= 11 is 1.12. The number of carbonyl (C=O) groups is 1. The molecule has 0 bridgehead atoms. The Morgan fingerprint density at radius 2 is 2.00 bits per heavy atom. The van der Waals surface area contributed by atoms with Gasteiger partial charge in [-0.05, 0) is 36.2 Å². The number of ether oxygens (including phenoxy) is 2. The van der Waals surface area contributed by atoms with Crippen molar-refractivity contribution < 1.29 is 14.3 Å². The van der Waals surface area contributed by atoms with Gasteiger partial charge in [0.05, 0.1) is 19.9 Å². The summed E-state index contributed by atoms with van der Waals surface area (Å²) in [6.45, 7) is 1.95. The van der Waals surface area contributed by atoms with E-state index in [1.165, 1.54) is 7.11 Å². The molecule has 0 spiro atoms. The van der Waals surface area contributed by atoms with Gasteiger partial charge in [-0.15, -0.1) is 5.10 Å². The first-order valence-electron chi connectivity index (χ1n) is 5.79. The van der Waals surface area contributed by atoms with Crippen LogP contribution >= 0.6 is 11.5 Å². The Morgan fingerprint density at radius 3 is 2.63 bits per heavy atom. The lowest BCUT2D eigenvalue weighted by Crippen LogP contribution is -2.03. The monoisotopic (exact) mass is 278 g/mol. The average molecular weight is 278 g/mol. The zero-order chi connectivity index (χ0) is 13.8. The highest BCUT2D eigenvalue weighted by Gasteiger charge is 2.18. The van der Waals surface area contributed by atoms with E-state index in [1.54, 1.807) is 25.3 Å². The minimum atomic E-state index is -0.0900. The topological polar surface area (TPSA) is 61.3 Å². The van der Waals surface area contributed by atoms with Crippen LogP contribution in [0, 0.1) is 0 Å². The molecule has 1 heterocycles. The predicted molar refractivity (Wildman–Crippen MR) is 72.3 cm³/mol. The molecule has 0 fully saturated rings. The van der Waals surface area contributed by atoms with Crippen molar-refractivity contribution in [1.82, 2.24) is 9.59 Å². The van der Waals surface area contributed by atoms with Gasteiger partial charge in [-0.1, -0.05) is 11.4 Å². The molecule has 0 unspecified atom stereocenters. The molecule has 0 saturated heterocycles. The summed E-state index contributed by atoms with van der Waals surface area (Å²) in [5.41, 5.74) is 1.27. The summed E-state index contributed by atoms with van der Waals surface area (Å²) in [5.74, 6) is 1.04. The summed E-state index contributed by atoms with van der Waals surface area (Å²) in [6, 6.07) is 5.09. The number of hydrogen-bond donors (Lipinski definition) is 0. The summed E-state index contributed by atoms with van der Waals surface area (Å²) in [4.78, 5) is 13.0. The zero-order valence-corrected chi connectivity index (χ0v) is 11.8. The van der Waals surface area contributed by atoms with Gasteiger partial charge in [-0.3, -0.25) is 4.79 Å². The SMILES string of the molecule is CCc1nnsc1C(=O)c1ccc(OC)c(OC)c1. The molecule has 0 saturated carbocycles. The lowest BCUT2D eigenvalue weighted by Gasteiger charge is -2.08.